The maximum absolute atomic E-state index is 12.7. The molecule has 98 valence electrons. The van der Waals surface area contributed by atoms with Crippen molar-refractivity contribution in [2.45, 2.75) is 0 Å². The molecule has 0 saturated carbocycles. The van der Waals surface area contributed by atoms with Crippen molar-refractivity contribution in [1.29, 1.82) is 0 Å². The van der Waals surface area contributed by atoms with E-state index < -0.39 is 0 Å². The average Bonchev–Trinajstić information content (AvgIpc) is 2.88. The molecule has 0 bridgehead atoms. The topological polar surface area (TPSA) is 47.3 Å². The monoisotopic (exact) mass is 271 g/mol. The highest BCUT2D eigenvalue weighted by atomic mass is 16.1. The number of rotatable bonds is 0. The van der Waals surface area contributed by atoms with Crippen molar-refractivity contribution in [3.8, 4) is 0 Å². The Kier molecular flexibility index (Phi) is 1.81. The second-order valence-corrected chi connectivity index (χ2v) is 5.13. The molecule has 4 aromatic heterocycles. The van der Waals surface area contributed by atoms with Gasteiger partial charge in [-0.3, -0.25) is 14.8 Å². The minimum atomic E-state index is 0.0494. The Morgan fingerprint density at radius 1 is 0.857 bits per heavy atom. The lowest BCUT2D eigenvalue weighted by Crippen LogP contribution is -2.06. The van der Waals surface area contributed by atoms with Crippen molar-refractivity contribution >= 4 is 38.2 Å². The summed E-state index contributed by atoms with van der Waals surface area (Å²) in [5.74, 6) is 0. The maximum Gasteiger partial charge on any atom is 0.197 e. The van der Waals surface area contributed by atoms with E-state index in [2.05, 4.69) is 14.4 Å². The van der Waals surface area contributed by atoms with Crippen molar-refractivity contribution in [2.75, 3.05) is 0 Å². The predicted molar refractivity (Wildman–Crippen MR) is 83.0 cm³/mol. The van der Waals surface area contributed by atoms with Crippen molar-refractivity contribution in [3.63, 3.8) is 0 Å². The molecule has 0 fully saturated rings. The summed E-state index contributed by atoms with van der Waals surface area (Å²) in [5, 5.41) is 2.42. The van der Waals surface area contributed by atoms with Gasteiger partial charge in [-0.25, -0.2) is 0 Å². The van der Waals surface area contributed by atoms with E-state index in [1.165, 1.54) is 0 Å². The summed E-state index contributed by atoms with van der Waals surface area (Å²) in [6, 6.07) is 11.5. The third kappa shape index (κ3) is 1.18. The zero-order valence-corrected chi connectivity index (χ0v) is 10.9. The molecule has 5 rings (SSSR count). The minimum absolute atomic E-state index is 0.0494. The minimum Gasteiger partial charge on any atom is -0.305 e. The first-order chi connectivity index (χ1) is 10.4. The van der Waals surface area contributed by atoms with E-state index in [9.17, 15) is 4.79 Å². The molecule has 0 aliphatic heterocycles. The van der Waals surface area contributed by atoms with Gasteiger partial charge in [-0.2, -0.15) is 0 Å². The summed E-state index contributed by atoms with van der Waals surface area (Å²) in [5.41, 5.74) is 3.72. The SMILES string of the molecule is O=c1c2ccncc2n2c3cccnc3c3cccc1c32. The molecule has 0 saturated heterocycles. The van der Waals surface area contributed by atoms with Gasteiger partial charge in [0.2, 0.25) is 0 Å². The third-order valence-electron chi connectivity index (χ3n) is 4.07. The largest absolute Gasteiger partial charge is 0.305 e. The van der Waals surface area contributed by atoms with E-state index in [1.54, 1.807) is 24.7 Å². The van der Waals surface area contributed by atoms with E-state index in [0.29, 0.717) is 5.39 Å². The van der Waals surface area contributed by atoms with E-state index in [1.807, 2.05) is 30.3 Å². The van der Waals surface area contributed by atoms with Gasteiger partial charge in [0.1, 0.15) is 0 Å². The number of hydrogen-bond acceptors (Lipinski definition) is 3. The fourth-order valence-electron chi connectivity index (χ4n) is 3.22. The standard InChI is InChI=1S/C17H9N3O/c21-17-10-6-8-18-9-14(10)20-13-5-2-7-19-15(13)11-3-1-4-12(17)16(11)20/h1-9H. The summed E-state index contributed by atoms with van der Waals surface area (Å²) >= 11 is 0. The van der Waals surface area contributed by atoms with Crippen LogP contribution in [0.15, 0.2) is 59.8 Å². The van der Waals surface area contributed by atoms with Gasteiger partial charge in [-0.1, -0.05) is 12.1 Å². The first-order valence-electron chi connectivity index (χ1n) is 6.73. The number of para-hydroxylation sites is 1. The molecule has 0 N–H and O–H groups in total. The van der Waals surface area contributed by atoms with Crippen molar-refractivity contribution in [1.82, 2.24) is 14.4 Å². The molecule has 0 spiro atoms. The molecule has 0 amide bonds. The first-order valence-corrected chi connectivity index (χ1v) is 6.73. The quantitative estimate of drug-likeness (QED) is 0.407. The Balaban J connectivity index is 2.35. The van der Waals surface area contributed by atoms with Gasteiger partial charge >= 0.3 is 0 Å². The van der Waals surface area contributed by atoms with Crippen LogP contribution in [0.5, 0.6) is 0 Å². The fraction of sp³-hybridized carbons (Fsp3) is 0. The molecule has 0 aliphatic carbocycles. The van der Waals surface area contributed by atoms with Crippen LogP contribution in [0.2, 0.25) is 0 Å². The summed E-state index contributed by atoms with van der Waals surface area (Å²) in [6.07, 6.45) is 5.18. The zero-order chi connectivity index (χ0) is 14.0. The molecule has 21 heavy (non-hydrogen) atoms. The highest BCUT2D eigenvalue weighted by Gasteiger charge is 2.16. The van der Waals surface area contributed by atoms with Crippen molar-refractivity contribution in [3.05, 3.63) is 65.2 Å². The zero-order valence-electron chi connectivity index (χ0n) is 10.9. The molecule has 4 nitrogen and oxygen atoms in total. The van der Waals surface area contributed by atoms with Crippen LogP contribution in [0.1, 0.15) is 0 Å². The van der Waals surface area contributed by atoms with Crippen LogP contribution in [0.4, 0.5) is 0 Å². The predicted octanol–water partition coefficient (Wildman–Crippen LogP) is 2.99. The van der Waals surface area contributed by atoms with Gasteiger partial charge in [0.15, 0.2) is 5.43 Å². The van der Waals surface area contributed by atoms with Crippen LogP contribution in [-0.2, 0) is 0 Å². The van der Waals surface area contributed by atoms with E-state index in [4.69, 9.17) is 0 Å². The van der Waals surface area contributed by atoms with Crippen LogP contribution >= 0.6 is 0 Å². The Labute approximate surface area is 118 Å². The molecule has 0 radical (unpaired) electrons. The van der Waals surface area contributed by atoms with Gasteiger partial charge in [0.05, 0.1) is 28.3 Å². The fourth-order valence-corrected chi connectivity index (χ4v) is 3.22. The lowest BCUT2D eigenvalue weighted by molar-refractivity contribution is 1.27. The maximum atomic E-state index is 12.7. The molecular formula is C17H9N3O. The number of hydrogen-bond donors (Lipinski definition) is 0. The van der Waals surface area contributed by atoms with E-state index in [0.717, 1.165) is 32.8 Å². The number of fused-ring (bicyclic) bond motifs is 5. The van der Waals surface area contributed by atoms with Crippen LogP contribution in [0, 0.1) is 0 Å². The lowest BCUT2D eigenvalue weighted by atomic mass is 10.1. The number of pyridine rings is 3. The van der Waals surface area contributed by atoms with Crippen molar-refractivity contribution < 1.29 is 0 Å². The van der Waals surface area contributed by atoms with Gasteiger partial charge in [-0.05, 0) is 24.3 Å². The molecule has 0 aliphatic rings. The summed E-state index contributed by atoms with van der Waals surface area (Å²) in [4.78, 5) is 21.4. The molecule has 5 aromatic rings. The molecule has 4 heteroatoms. The Hall–Kier alpha value is -3.01. The second kappa shape index (κ2) is 3.55. The van der Waals surface area contributed by atoms with E-state index >= 15 is 0 Å². The van der Waals surface area contributed by atoms with Crippen LogP contribution in [0.25, 0.3) is 38.2 Å². The molecule has 1 aromatic carbocycles. The molecule has 0 unspecified atom stereocenters. The van der Waals surface area contributed by atoms with Gasteiger partial charge in [-0.15, -0.1) is 0 Å². The molecule has 0 atom stereocenters. The smallest absolute Gasteiger partial charge is 0.197 e. The highest BCUT2D eigenvalue weighted by molar-refractivity contribution is 6.15. The lowest BCUT2D eigenvalue weighted by Gasteiger charge is -2.05. The van der Waals surface area contributed by atoms with Gasteiger partial charge < -0.3 is 4.40 Å². The molecular weight excluding hydrogens is 262 g/mol. The highest BCUT2D eigenvalue weighted by Crippen LogP contribution is 2.31. The average molecular weight is 271 g/mol. The summed E-state index contributed by atoms with van der Waals surface area (Å²) in [7, 11) is 0. The third-order valence-corrected chi connectivity index (χ3v) is 4.07. The number of nitrogens with zero attached hydrogens (tertiary/aromatic N) is 3. The van der Waals surface area contributed by atoms with Gasteiger partial charge in [0.25, 0.3) is 0 Å². The first kappa shape index (κ1) is 10.7. The molecule has 4 heterocycles. The second-order valence-electron chi connectivity index (χ2n) is 5.13. The van der Waals surface area contributed by atoms with Gasteiger partial charge in [0, 0.05) is 28.6 Å². The van der Waals surface area contributed by atoms with E-state index in [-0.39, 0.29) is 5.43 Å². The summed E-state index contributed by atoms with van der Waals surface area (Å²) < 4.78 is 2.09. The number of benzene rings is 1. The Bertz CT molecular complexity index is 1210. The summed E-state index contributed by atoms with van der Waals surface area (Å²) in [6.45, 7) is 0. The van der Waals surface area contributed by atoms with Crippen molar-refractivity contribution in [2.24, 2.45) is 0 Å². The Morgan fingerprint density at radius 3 is 2.71 bits per heavy atom. The normalized spacial score (nSPS) is 12.0. The van der Waals surface area contributed by atoms with Crippen LogP contribution in [-0.4, -0.2) is 14.4 Å². The van der Waals surface area contributed by atoms with Crippen LogP contribution in [0.3, 0.4) is 0 Å². The number of aromatic nitrogens is 3. The Morgan fingerprint density at radius 2 is 1.76 bits per heavy atom. The van der Waals surface area contributed by atoms with Crippen LogP contribution < -0.4 is 5.43 Å².